The second-order valence-corrected chi connectivity index (χ2v) is 2.45. The molecule has 1 aromatic carbocycles. The lowest BCUT2D eigenvalue weighted by atomic mass is 10.2. The molecule has 0 unspecified atom stereocenters. The van der Waals surface area contributed by atoms with Crippen molar-refractivity contribution in [2.24, 2.45) is 0 Å². The molecule has 0 amide bonds. The number of hydrogen-bond donors (Lipinski definition) is 0. The topological polar surface area (TPSA) is 9.23 Å². The maximum atomic E-state index is 5.44. The van der Waals surface area contributed by atoms with Gasteiger partial charge in [-0.2, -0.15) is 0 Å². The summed E-state index contributed by atoms with van der Waals surface area (Å²) in [5, 5.41) is 0. The van der Waals surface area contributed by atoms with Gasteiger partial charge in [0.1, 0.15) is 5.76 Å². The van der Waals surface area contributed by atoms with E-state index in [4.69, 9.17) is 4.74 Å². The summed E-state index contributed by atoms with van der Waals surface area (Å²) in [6.45, 7) is 4.69. The molecule has 0 radical (unpaired) electrons. The lowest BCUT2D eigenvalue weighted by molar-refractivity contribution is 0.297. The smallest absolute Gasteiger partial charge is 0.122 e. The van der Waals surface area contributed by atoms with E-state index in [-0.39, 0.29) is 0 Å². The second-order valence-electron chi connectivity index (χ2n) is 2.45. The average molecular weight is 162 g/mol. The van der Waals surface area contributed by atoms with E-state index in [9.17, 15) is 0 Å². The molecular formula is C11H14O. The Morgan fingerprint density at radius 2 is 2.00 bits per heavy atom. The lowest BCUT2D eigenvalue weighted by Crippen LogP contribution is -1.90. The van der Waals surface area contributed by atoms with Crippen LogP contribution in [0.4, 0.5) is 0 Å². The molecule has 1 aromatic rings. The first kappa shape index (κ1) is 8.85. The van der Waals surface area contributed by atoms with Crippen LogP contribution < -0.4 is 0 Å². The fraction of sp³-hybridized carbons (Fsp3) is 0.273. The highest BCUT2D eigenvalue weighted by atomic mass is 16.5. The number of ether oxygens (including phenoxy) is 1. The zero-order valence-corrected chi connectivity index (χ0v) is 7.58. The molecule has 0 aliphatic rings. The predicted molar refractivity (Wildman–Crippen MR) is 51.7 cm³/mol. The molecule has 0 fully saturated rings. The zero-order valence-electron chi connectivity index (χ0n) is 7.58. The summed E-state index contributed by atoms with van der Waals surface area (Å²) in [6, 6.07) is 10.1. The number of benzene rings is 1. The van der Waals surface area contributed by atoms with Crippen LogP contribution in [0.5, 0.6) is 0 Å². The molecule has 0 atom stereocenters. The minimum absolute atomic E-state index is 0.717. The van der Waals surface area contributed by atoms with Crippen molar-refractivity contribution < 1.29 is 4.74 Å². The van der Waals surface area contributed by atoms with Gasteiger partial charge >= 0.3 is 0 Å². The quantitative estimate of drug-likeness (QED) is 0.620. The van der Waals surface area contributed by atoms with Crippen molar-refractivity contribution in [2.45, 2.75) is 13.8 Å². The Morgan fingerprint density at radius 3 is 2.50 bits per heavy atom. The van der Waals surface area contributed by atoms with Crippen LogP contribution in [0, 0.1) is 0 Å². The summed E-state index contributed by atoms with van der Waals surface area (Å²) in [7, 11) is 0. The molecule has 0 aromatic heterocycles. The van der Waals surface area contributed by atoms with E-state index in [1.165, 1.54) is 0 Å². The van der Waals surface area contributed by atoms with E-state index in [1.54, 1.807) is 0 Å². The third kappa shape index (κ3) is 2.12. The van der Waals surface area contributed by atoms with Gasteiger partial charge in [0.25, 0.3) is 0 Å². The van der Waals surface area contributed by atoms with E-state index in [0.717, 1.165) is 11.3 Å². The minimum atomic E-state index is 0.717. The van der Waals surface area contributed by atoms with Crippen molar-refractivity contribution in [1.82, 2.24) is 0 Å². The lowest BCUT2D eigenvalue weighted by Gasteiger charge is -2.07. The minimum Gasteiger partial charge on any atom is -0.494 e. The Bertz CT molecular complexity index is 249. The monoisotopic (exact) mass is 162 g/mol. The van der Waals surface area contributed by atoms with Gasteiger partial charge in [0.2, 0.25) is 0 Å². The van der Waals surface area contributed by atoms with Crippen LogP contribution in [0.25, 0.3) is 5.76 Å². The van der Waals surface area contributed by atoms with Crippen molar-refractivity contribution in [1.29, 1.82) is 0 Å². The number of hydrogen-bond acceptors (Lipinski definition) is 1. The molecule has 1 nitrogen and oxygen atoms in total. The van der Waals surface area contributed by atoms with Gasteiger partial charge in [-0.15, -0.1) is 0 Å². The standard InChI is InChI=1S/C11H14O/c1-3-11(12-4-2)10-8-6-5-7-9-10/h3,5-9H,4H2,1-2H3. The first-order chi connectivity index (χ1) is 5.88. The van der Waals surface area contributed by atoms with Crippen molar-refractivity contribution in [3.8, 4) is 0 Å². The van der Waals surface area contributed by atoms with Crippen molar-refractivity contribution >= 4 is 5.76 Å². The van der Waals surface area contributed by atoms with Crippen LogP contribution in [0.15, 0.2) is 36.4 Å². The largest absolute Gasteiger partial charge is 0.494 e. The summed E-state index contributed by atoms with van der Waals surface area (Å²) in [5.74, 6) is 0.957. The van der Waals surface area contributed by atoms with Crippen molar-refractivity contribution in [3.05, 3.63) is 42.0 Å². The fourth-order valence-electron chi connectivity index (χ4n) is 1.09. The van der Waals surface area contributed by atoms with E-state index in [2.05, 4.69) is 0 Å². The Kier molecular flexibility index (Phi) is 3.39. The van der Waals surface area contributed by atoms with Gasteiger partial charge in [-0.25, -0.2) is 0 Å². The van der Waals surface area contributed by atoms with Crippen LogP contribution in [0.1, 0.15) is 19.4 Å². The zero-order chi connectivity index (χ0) is 8.81. The third-order valence-corrected chi connectivity index (χ3v) is 1.62. The highest BCUT2D eigenvalue weighted by Gasteiger charge is 1.97. The summed E-state index contributed by atoms with van der Waals surface area (Å²) >= 11 is 0. The average Bonchev–Trinajstić information content (AvgIpc) is 2.15. The molecule has 0 bridgehead atoms. The van der Waals surface area contributed by atoms with Gasteiger partial charge < -0.3 is 4.74 Å². The Morgan fingerprint density at radius 1 is 1.33 bits per heavy atom. The Balaban J connectivity index is 2.82. The summed E-state index contributed by atoms with van der Waals surface area (Å²) < 4.78 is 5.44. The van der Waals surface area contributed by atoms with Crippen LogP contribution in [0.2, 0.25) is 0 Å². The van der Waals surface area contributed by atoms with Gasteiger partial charge in [0.15, 0.2) is 0 Å². The molecule has 0 saturated carbocycles. The van der Waals surface area contributed by atoms with Gasteiger partial charge in [0.05, 0.1) is 6.61 Å². The molecule has 1 rings (SSSR count). The fourth-order valence-corrected chi connectivity index (χ4v) is 1.09. The van der Waals surface area contributed by atoms with Gasteiger partial charge in [0, 0.05) is 5.56 Å². The molecular weight excluding hydrogens is 148 g/mol. The van der Waals surface area contributed by atoms with Crippen LogP contribution in [-0.4, -0.2) is 6.61 Å². The van der Waals surface area contributed by atoms with E-state index < -0.39 is 0 Å². The Hall–Kier alpha value is -1.24. The van der Waals surface area contributed by atoms with Gasteiger partial charge in [-0.05, 0) is 19.9 Å². The van der Waals surface area contributed by atoms with Gasteiger partial charge in [-0.3, -0.25) is 0 Å². The second kappa shape index (κ2) is 4.60. The highest BCUT2D eigenvalue weighted by Crippen LogP contribution is 2.14. The molecule has 0 aliphatic carbocycles. The Labute approximate surface area is 73.7 Å². The van der Waals surface area contributed by atoms with E-state index >= 15 is 0 Å². The number of rotatable bonds is 3. The molecule has 0 aliphatic heterocycles. The van der Waals surface area contributed by atoms with Crippen LogP contribution in [0.3, 0.4) is 0 Å². The first-order valence-electron chi connectivity index (χ1n) is 4.23. The molecule has 0 spiro atoms. The molecule has 0 saturated heterocycles. The molecule has 0 N–H and O–H groups in total. The molecule has 0 heterocycles. The normalized spacial score (nSPS) is 11.3. The summed E-state index contributed by atoms with van der Waals surface area (Å²) in [6.07, 6.45) is 1.98. The summed E-state index contributed by atoms with van der Waals surface area (Å²) in [5.41, 5.74) is 1.14. The van der Waals surface area contributed by atoms with Crippen molar-refractivity contribution in [3.63, 3.8) is 0 Å². The highest BCUT2D eigenvalue weighted by molar-refractivity contribution is 5.59. The molecule has 12 heavy (non-hydrogen) atoms. The predicted octanol–water partition coefficient (Wildman–Crippen LogP) is 3.08. The van der Waals surface area contributed by atoms with Crippen molar-refractivity contribution in [2.75, 3.05) is 6.61 Å². The molecule has 1 heteroatoms. The first-order valence-corrected chi connectivity index (χ1v) is 4.23. The summed E-state index contributed by atoms with van der Waals surface area (Å²) in [4.78, 5) is 0. The van der Waals surface area contributed by atoms with Gasteiger partial charge in [-0.1, -0.05) is 30.3 Å². The maximum Gasteiger partial charge on any atom is 0.122 e. The molecule has 64 valence electrons. The van der Waals surface area contributed by atoms with E-state index in [1.807, 2.05) is 50.3 Å². The number of allylic oxidation sites excluding steroid dienone is 1. The third-order valence-electron chi connectivity index (χ3n) is 1.62. The van der Waals surface area contributed by atoms with Crippen LogP contribution in [-0.2, 0) is 4.74 Å². The maximum absolute atomic E-state index is 5.44. The van der Waals surface area contributed by atoms with Crippen LogP contribution >= 0.6 is 0 Å². The van der Waals surface area contributed by atoms with E-state index in [0.29, 0.717) is 6.61 Å². The SMILES string of the molecule is CC=C(OCC)c1ccccc1.